The van der Waals surface area contributed by atoms with Crippen LogP contribution < -0.4 is 0 Å². The fourth-order valence-corrected chi connectivity index (χ4v) is 3.79. The number of rotatable bonds is 2. The second-order valence-corrected chi connectivity index (χ2v) is 6.86. The Kier molecular flexibility index (Phi) is 4.22. The van der Waals surface area contributed by atoms with Crippen LogP contribution in [-0.4, -0.2) is 42.7 Å². The van der Waals surface area contributed by atoms with E-state index in [1.54, 1.807) is 0 Å². The van der Waals surface area contributed by atoms with Crippen molar-refractivity contribution in [2.45, 2.75) is 29.5 Å². The summed E-state index contributed by atoms with van der Waals surface area (Å²) in [4.78, 5) is -1.20. The Hall–Kier alpha value is -1.26. The zero-order valence-corrected chi connectivity index (χ0v) is 11.9. The van der Waals surface area contributed by atoms with Crippen molar-refractivity contribution in [2.24, 2.45) is 0 Å². The van der Waals surface area contributed by atoms with Gasteiger partial charge in [0.1, 0.15) is 11.6 Å². The number of nitrogens with zero attached hydrogens (tertiary/aromatic N) is 1. The molecule has 0 unspecified atom stereocenters. The fourth-order valence-electron chi connectivity index (χ4n) is 2.24. The molecule has 1 aliphatic heterocycles. The maximum absolute atomic E-state index is 13.6. The smallest absolute Gasteiger partial charge is 0.380 e. The summed E-state index contributed by atoms with van der Waals surface area (Å²) in [6.45, 7) is -1.38. The second kappa shape index (κ2) is 5.43. The Labute approximate surface area is 123 Å². The summed E-state index contributed by atoms with van der Waals surface area (Å²) in [7, 11) is -4.61. The van der Waals surface area contributed by atoms with Crippen LogP contribution in [-0.2, 0) is 10.0 Å². The summed E-state index contributed by atoms with van der Waals surface area (Å²) in [5, 5.41) is 9.48. The zero-order valence-electron chi connectivity index (χ0n) is 11.1. The first-order chi connectivity index (χ1) is 9.99. The summed E-state index contributed by atoms with van der Waals surface area (Å²) in [6, 6.07) is 2.46. The Bertz CT molecular complexity index is 646. The second-order valence-electron chi connectivity index (χ2n) is 4.98. The minimum absolute atomic E-state index is 0.536. The maximum atomic E-state index is 13.6. The summed E-state index contributed by atoms with van der Waals surface area (Å²) >= 11 is 0. The van der Waals surface area contributed by atoms with Crippen molar-refractivity contribution in [1.29, 1.82) is 0 Å². The molecule has 1 aromatic rings. The summed E-state index contributed by atoms with van der Waals surface area (Å²) in [5.41, 5.74) is -2.99. The molecular weight excluding hydrogens is 333 g/mol. The number of hydrogen-bond donors (Lipinski definition) is 1. The molecular formula is C12H12F5NO3S. The lowest BCUT2D eigenvalue weighted by Crippen LogP contribution is -2.54. The monoisotopic (exact) mass is 345 g/mol. The van der Waals surface area contributed by atoms with Crippen molar-refractivity contribution < 1.29 is 35.5 Å². The highest BCUT2D eigenvalue weighted by atomic mass is 32.2. The van der Waals surface area contributed by atoms with E-state index in [2.05, 4.69) is 0 Å². The average Bonchev–Trinajstić information content (AvgIpc) is 2.37. The minimum atomic E-state index is -4.90. The van der Waals surface area contributed by atoms with Crippen LogP contribution in [0.25, 0.3) is 0 Å². The average molecular weight is 345 g/mol. The van der Waals surface area contributed by atoms with Crippen molar-refractivity contribution >= 4 is 10.0 Å². The molecule has 0 spiro atoms. The van der Waals surface area contributed by atoms with E-state index in [9.17, 15) is 35.5 Å². The summed E-state index contributed by atoms with van der Waals surface area (Å²) in [6.07, 6.45) is -6.69. The highest BCUT2D eigenvalue weighted by Crippen LogP contribution is 2.39. The van der Waals surface area contributed by atoms with Crippen LogP contribution in [0.3, 0.4) is 0 Å². The van der Waals surface area contributed by atoms with Crippen LogP contribution in [0.5, 0.6) is 0 Å². The van der Waals surface area contributed by atoms with Crippen molar-refractivity contribution in [3.05, 3.63) is 29.8 Å². The molecule has 2 rings (SSSR count). The number of piperidine rings is 1. The Balaban J connectivity index is 2.28. The van der Waals surface area contributed by atoms with Crippen LogP contribution in [0.2, 0.25) is 0 Å². The van der Waals surface area contributed by atoms with Gasteiger partial charge in [-0.25, -0.2) is 17.2 Å². The van der Waals surface area contributed by atoms with Gasteiger partial charge in [0.15, 0.2) is 10.5 Å². The number of aliphatic hydroxyl groups is 1. The third kappa shape index (κ3) is 2.82. The highest BCUT2D eigenvalue weighted by molar-refractivity contribution is 7.89. The molecule has 1 heterocycles. The lowest BCUT2D eigenvalue weighted by molar-refractivity contribution is -0.270. The molecule has 10 heteroatoms. The van der Waals surface area contributed by atoms with Crippen LogP contribution in [0.4, 0.5) is 22.0 Å². The molecule has 1 fully saturated rings. The standard InChI is InChI=1S/C12H12F5NO3S/c13-8-2-1-3-9(14)10(8)22(20,21)18-6-4-11(19,5-7-18)12(15,16)17/h1-3,19H,4-7H2. The van der Waals surface area contributed by atoms with E-state index in [0.29, 0.717) is 4.31 Å². The SMILES string of the molecule is O=S(=O)(c1c(F)cccc1F)N1CCC(O)(C(F)(F)F)CC1. The van der Waals surface area contributed by atoms with Gasteiger partial charge in [0.25, 0.3) is 0 Å². The third-order valence-corrected chi connectivity index (χ3v) is 5.54. The quantitative estimate of drug-likeness (QED) is 0.835. The van der Waals surface area contributed by atoms with Gasteiger partial charge < -0.3 is 5.11 Å². The Morgan fingerprint density at radius 2 is 1.55 bits per heavy atom. The molecule has 124 valence electrons. The number of benzene rings is 1. The molecule has 22 heavy (non-hydrogen) atoms. The Morgan fingerprint density at radius 1 is 1.09 bits per heavy atom. The molecule has 0 amide bonds. The predicted octanol–water partition coefficient (Wildman–Crippen LogP) is 2.04. The van der Waals surface area contributed by atoms with Crippen LogP contribution in [0, 0.1) is 11.6 Å². The van der Waals surface area contributed by atoms with Crippen LogP contribution in [0.1, 0.15) is 12.8 Å². The zero-order chi connectivity index (χ0) is 16.8. The normalized spacial score (nSPS) is 20.1. The topological polar surface area (TPSA) is 57.6 Å². The minimum Gasteiger partial charge on any atom is -0.380 e. The third-order valence-electron chi connectivity index (χ3n) is 3.59. The van der Waals surface area contributed by atoms with Gasteiger partial charge in [-0.2, -0.15) is 17.5 Å². The van der Waals surface area contributed by atoms with E-state index in [-0.39, 0.29) is 0 Å². The molecule has 0 saturated carbocycles. The van der Waals surface area contributed by atoms with E-state index in [0.717, 1.165) is 18.2 Å². The molecule has 1 N–H and O–H groups in total. The van der Waals surface area contributed by atoms with Gasteiger partial charge in [0, 0.05) is 13.1 Å². The number of alkyl halides is 3. The molecule has 1 aromatic carbocycles. The van der Waals surface area contributed by atoms with E-state index < -0.39 is 64.3 Å². The van der Waals surface area contributed by atoms with Gasteiger partial charge >= 0.3 is 6.18 Å². The molecule has 0 bridgehead atoms. The van der Waals surface area contributed by atoms with Gasteiger partial charge in [0.05, 0.1) is 0 Å². The molecule has 1 aliphatic rings. The summed E-state index contributed by atoms with van der Waals surface area (Å²) < 4.78 is 90.0. The first kappa shape index (κ1) is 17.1. The van der Waals surface area contributed by atoms with Gasteiger partial charge in [-0.1, -0.05) is 6.07 Å². The van der Waals surface area contributed by atoms with Crippen molar-refractivity contribution in [2.75, 3.05) is 13.1 Å². The maximum Gasteiger partial charge on any atom is 0.417 e. The van der Waals surface area contributed by atoms with Gasteiger partial charge in [-0.3, -0.25) is 0 Å². The fraction of sp³-hybridized carbons (Fsp3) is 0.500. The van der Waals surface area contributed by atoms with Crippen molar-refractivity contribution in [3.63, 3.8) is 0 Å². The molecule has 4 nitrogen and oxygen atoms in total. The number of sulfonamides is 1. The molecule has 0 radical (unpaired) electrons. The largest absolute Gasteiger partial charge is 0.417 e. The Morgan fingerprint density at radius 3 is 1.95 bits per heavy atom. The van der Waals surface area contributed by atoms with E-state index in [1.807, 2.05) is 0 Å². The van der Waals surface area contributed by atoms with Gasteiger partial charge in [-0.15, -0.1) is 0 Å². The lowest BCUT2D eigenvalue weighted by Gasteiger charge is -2.38. The number of hydrogen-bond acceptors (Lipinski definition) is 3. The molecule has 1 saturated heterocycles. The van der Waals surface area contributed by atoms with E-state index >= 15 is 0 Å². The number of halogens is 5. The van der Waals surface area contributed by atoms with E-state index in [4.69, 9.17) is 0 Å². The van der Waals surface area contributed by atoms with E-state index in [1.165, 1.54) is 0 Å². The first-order valence-corrected chi connectivity index (χ1v) is 7.66. The predicted molar refractivity (Wildman–Crippen MR) is 65.4 cm³/mol. The molecule has 0 aromatic heterocycles. The van der Waals surface area contributed by atoms with Crippen LogP contribution >= 0.6 is 0 Å². The van der Waals surface area contributed by atoms with Crippen molar-refractivity contribution in [3.8, 4) is 0 Å². The van der Waals surface area contributed by atoms with Gasteiger partial charge in [0.2, 0.25) is 10.0 Å². The highest BCUT2D eigenvalue weighted by Gasteiger charge is 2.55. The van der Waals surface area contributed by atoms with Crippen molar-refractivity contribution in [1.82, 2.24) is 4.31 Å². The lowest BCUT2D eigenvalue weighted by atomic mass is 9.92. The molecule has 0 atom stereocenters. The first-order valence-electron chi connectivity index (χ1n) is 6.22. The van der Waals surface area contributed by atoms with Gasteiger partial charge in [-0.05, 0) is 25.0 Å². The van der Waals surface area contributed by atoms with Crippen LogP contribution in [0.15, 0.2) is 23.1 Å². The summed E-state index contributed by atoms with van der Waals surface area (Å²) in [5.74, 6) is -2.65. The molecule has 0 aliphatic carbocycles.